The van der Waals surface area contributed by atoms with Gasteiger partial charge in [0, 0.05) is 27.5 Å². The van der Waals surface area contributed by atoms with Gasteiger partial charge in [0.1, 0.15) is 22.9 Å². The third-order valence-corrected chi connectivity index (χ3v) is 6.22. The van der Waals surface area contributed by atoms with E-state index in [1.165, 1.54) is 18.9 Å². The van der Waals surface area contributed by atoms with Gasteiger partial charge in [0.25, 0.3) is 0 Å². The minimum absolute atomic E-state index is 0.267. The van der Waals surface area contributed by atoms with Crippen LogP contribution in [-0.2, 0) is 11.5 Å². The van der Waals surface area contributed by atoms with Gasteiger partial charge in [-0.2, -0.15) is 0 Å². The van der Waals surface area contributed by atoms with Crippen molar-refractivity contribution in [1.29, 1.82) is 0 Å². The van der Waals surface area contributed by atoms with E-state index in [9.17, 15) is 0 Å². The number of imidazole rings is 1. The largest absolute Gasteiger partial charge is 0.368 e. The van der Waals surface area contributed by atoms with E-state index >= 15 is 0 Å². The van der Waals surface area contributed by atoms with Crippen LogP contribution in [0.5, 0.6) is 0 Å². The van der Waals surface area contributed by atoms with Crippen LogP contribution < -0.4 is 5.73 Å². The molecular weight excluding hydrogens is 386 g/mol. The lowest BCUT2D eigenvalue weighted by atomic mass is 10.3. The van der Waals surface area contributed by atoms with Crippen molar-refractivity contribution in [3.05, 3.63) is 22.7 Å². The Morgan fingerprint density at radius 3 is 2.83 bits per heavy atom. The topological polar surface area (TPSA) is 78.8 Å². The second-order valence-electron chi connectivity index (χ2n) is 6.69. The Balaban J connectivity index is 1.80. The van der Waals surface area contributed by atoms with E-state index in [4.69, 9.17) is 15.5 Å². The molecule has 0 saturated heterocycles. The van der Waals surface area contributed by atoms with Crippen LogP contribution in [0.1, 0.15) is 31.0 Å². The Morgan fingerprint density at radius 2 is 2.17 bits per heavy atom. The third-order valence-electron chi connectivity index (χ3n) is 4.10. The fraction of sp³-hybridized carbons (Fsp3) is 0.562. The van der Waals surface area contributed by atoms with E-state index in [0.717, 1.165) is 34.8 Å². The smallest absolute Gasteiger partial charge is 0.220 e. The van der Waals surface area contributed by atoms with Gasteiger partial charge in [-0.1, -0.05) is 19.1 Å². The summed E-state index contributed by atoms with van der Waals surface area (Å²) in [6.07, 6.45) is 5.18. The Kier molecular flexibility index (Phi) is 5.67. The lowest BCUT2D eigenvalue weighted by molar-refractivity contribution is 0.0764. The standard InChI is InChI=1S/C16H24BrN5OSi/c1-24(2)9-3-8-23-10-22-13(12-6-7-19-16(18)20-12)14(17)21-15(22)11-4-5-11/h6-7,11,24H,3-5,8-10H2,1-2H3,(H2,18,19,20). The number of rotatable bonds is 8. The number of hydrogen-bond donors (Lipinski definition) is 1. The van der Waals surface area contributed by atoms with Crippen LogP contribution in [0.3, 0.4) is 0 Å². The van der Waals surface area contributed by atoms with E-state index in [0.29, 0.717) is 12.6 Å². The maximum absolute atomic E-state index is 5.94. The Morgan fingerprint density at radius 1 is 1.38 bits per heavy atom. The molecule has 2 aromatic heterocycles. The average molecular weight is 410 g/mol. The lowest BCUT2D eigenvalue weighted by Crippen LogP contribution is -2.10. The first-order valence-corrected chi connectivity index (χ1v) is 12.4. The monoisotopic (exact) mass is 409 g/mol. The van der Waals surface area contributed by atoms with Crippen molar-refractivity contribution in [2.45, 2.75) is 51.0 Å². The van der Waals surface area contributed by atoms with Crippen molar-refractivity contribution in [3.63, 3.8) is 0 Å². The zero-order valence-electron chi connectivity index (χ0n) is 14.2. The number of aromatic nitrogens is 4. The van der Waals surface area contributed by atoms with Crippen LogP contribution in [0.15, 0.2) is 16.9 Å². The molecule has 0 aliphatic heterocycles. The molecule has 0 aromatic carbocycles. The predicted octanol–water partition coefficient (Wildman–Crippen LogP) is 3.41. The van der Waals surface area contributed by atoms with E-state index in [-0.39, 0.29) is 5.95 Å². The zero-order chi connectivity index (χ0) is 17.1. The molecule has 0 atom stereocenters. The molecular formula is C16H24BrN5OSi. The first kappa shape index (κ1) is 17.6. The molecule has 2 aromatic rings. The maximum atomic E-state index is 5.94. The number of nitrogens with two attached hydrogens (primary N) is 1. The van der Waals surface area contributed by atoms with Gasteiger partial charge in [0.05, 0.1) is 5.69 Å². The molecule has 24 heavy (non-hydrogen) atoms. The fourth-order valence-electron chi connectivity index (χ4n) is 2.72. The van der Waals surface area contributed by atoms with Gasteiger partial charge in [0.15, 0.2) is 0 Å². The number of ether oxygens (including phenoxy) is 1. The molecule has 1 fully saturated rings. The Labute approximate surface area is 152 Å². The SMILES string of the molecule is C[SiH](C)CCCOCn1c(C2CC2)nc(Br)c1-c1ccnc(N)n1. The minimum Gasteiger partial charge on any atom is -0.368 e. The summed E-state index contributed by atoms with van der Waals surface area (Å²) in [5.41, 5.74) is 7.44. The molecule has 2 N–H and O–H groups in total. The molecule has 130 valence electrons. The number of nitrogen functional groups attached to an aromatic ring is 1. The minimum atomic E-state index is -0.501. The number of hydrogen-bond acceptors (Lipinski definition) is 5. The van der Waals surface area contributed by atoms with Crippen molar-refractivity contribution < 1.29 is 4.74 Å². The predicted molar refractivity (Wildman–Crippen MR) is 102 cm³/mol. The van der Waals surface area contributed by atoms with Crippen LogP contribution >= 0.6 is 15.9 Å². The molecule has 0 bridgehead atoms. The third kappa shape index (κ3) is 4.23. The molecule has 8 heteroatoms. The van der Waals surface area contributed by atoms with E-state index in [2.05, 4.69) is 43.6 Å². The van der Waals surface area contributed by atoms with Crippen LogP contribution in [0.25, 0.3) is 11.4 Å². The van der Waals surface area contributed by atoms with Crippen molar-refractivity contribution in [3.8, 4) is 11.4 Å². The lowest BCUT2D eigenvalue weighted by Gasteiger charge is -2.13. The molecule has 3 rings (SSSR count). The van der Waals surface area contributed by atoms with E-state index in [1.54, 1.807) is 6.20 Å². The summed E-state index contributed by atoms with van der Waals surface area (Å²) in [5, 5.41) is 0. The van der Waals surface area contributed by atoms with Gasteiger partial charge in [-0.25, -0.2) is 15.0 Å². The highest BCUT2D eigenvalue weighted by atomic mass is 79.9. The molecule has 6 nitrogen and oxygen atoms in total. The summed E-state index contributed by atoms with van der Waals surface area (Å²) in [7, 11) is -0.501. The molecule has 1 aliphatic rings. The summed E-state index contributed by atoms with van der Waals surface area (Å²) in [5.74, 6) is 1.87. The highest BCUT2D eigenvalue weighted by Crippen LogP contribution is 2.42. The van der Waals surface area contributed by atoms with Gasteiger partial charge in [0.2, 0.25) is 5.95 Å². The summed E-state index contributed by atoms with van der Waals surface area (Å²) in [6.45, 7) is 6.03. The van der Waals surface area contributed by atoms with Crippen molar-refractivity contribution in [2.24, 2.45) is 0 Å². The first-order valence-electron chi connectivity index (χ1n) is 8.48. The zero-order valence-corrected chi connectivity index (χ0v) is 16.9. The van der Waals surface area contributed by atoms with Crippen molar-refractivity contribution >= 4 is 30.7 Å². The highest BCUT2D eigenvalue weighted by Gasteiger charge is 2.31. The second kappa shape index (κ2) is 7.75. The average Bonchev–Trinajstić information content (AvgIpc) is 3.31. The maximum Gasteiger partial charge on any atom is 0.220 e. The number of nitrogens with zero attached hydrogens (tertiary/aromatic N) is 4. The first-order chi connectivity index (χ1) is 11.6. The van der Waals surface area contributed by atoms with Crippen molar-refractivity contribution in [2.75, 3.05) is 12.3 Å². The molecule has 0 unspecified atom stereocenters. The summed E-state index contributed by atoms with van der Waals surface area (Å²) >= 11 is 3.58. The number of halogens is 1. The molecule has 1 saturated carbocycles. The van der Waals surface area contributed by atoms with Crippen LogP contribution in [0, 0.1) is 0 Å². The quantitative estimate of drug-likeness (QED) is 0.533. The van der Waals surface area contributed by atoms with Gasteiger partial charge >= 0.3 is 0 Å². The van der Waals surface area contributed by atoms with Gasteiger partial charge in [-0.15, -0.1) is 0 Å². The molecule has 0 spiro atoms. The van der Waals surface area contributed by atoms with Crippen LogP contribution in [-0.4, -0.2) is 34.9 Å². The van der Waals surface area contributed by atoms with Crippen LogP contribution in [0.2, 0.25) is 19.1 Å². The van der Waals surface area contributed by atoms with Crippen LogP contribution in [0.4, 0.5) is 5.95 Å². The summed E-state index contributed by atoms with van der Waals surface area (Å²) in [6, 6.07) is 3.17. The normalized spacial score (nSPS) is 14.5. The van der Waals surface area contributed by atoms with Gasteiger partial charge in [-0.3, -0.25) is 0 Å². The van der Waals surface area contributed by atoms with Crippen molar-refractivity contribution in [1.82, 2.24) is 19.5 Å². The van der Waals surface area contributed by atoms with E-state index in [1.807, 2.05) is 6.07 Å². The van der Waals surface area contributed by atoms with Gasteiger partial charge in [-0.05, 0) is 41.3 Å². The second-order valence-corrected chi connectivity index (χ2v) is 10.8. The Hall–Kier alpha value is -1.25. The summed E-state index contributed by atoms with van der Waals surface area (Å²) < 4.78 is 8.87. The number of anilines is 1. The summed E-state index contributed by atoms with van der Waals surface area (Å²) in [4.78, 5) is 13.0. The van der Waals surface area contributed by atoms with Gasteiger partial charge < -0.3 is 15.0 Å². The fourth-order valence-corrected chi connectivity index (χ4v) is 4.30. The molecule has 1 aliphatic carbocycles. The molecule has 0 radical (unpaired) electrons. The molecule has 0 amide bonds. The molecule has 2 heterocycles. The Bertz CT molecular complexity index is 702. The highest BCUT2D eigenvalue weighted by molar-refractivity contribution is 9.10. The van der Waals surface area contributed by atoms with E-state index < -0.39 is 8.80 Å².